The van der Waals surface area contributed by atoms with Gasteiger partial charge >= 0.3 is 0 Å². The number of carbonyl (C=O) groups is 1. The summed E-state index contributed by atoms with van der Waals surface area (Å²) in [7, 11) is -3.73. The molecule has 172 valence electrons. The Hall–Kier alpha value is -3.00. The van der Waals surface area contributed by atoms with Gasteiger partial charge in [-0.2, -0.15) is 0 Å². The van der Waals surface area contributed by atoms with E-state index in [9.17, 15) is 13.2 Å². The van der Waals surface area contributed by atoms with Gasteiger partial charge in [0.2, 0.25) is 10.0 Å². The zero-order valence-corrected chi connectivity index (χ0v) is 19.1. The Labute approximate surface area is 195 Å². The van der Waals surface area contributed by atoms with E-state index in [1.807, 2.05) is 60.7 Å². The highest BCUT2D eigenvalue weighted by atomic mass is 32.2. The lowest BCUT2D eigenvalue weighted by Crippen LogP contribution is -2.32. The van der Waals surface area contributed by atoms with Crippen LogP contribution in [0.4, 0.5) is 0 Å². The molecule has 0 aromatic heterocycles. The van der Waals surface area contributed by atoms with Gasteiger partial charge in [0.05, 0.1) is 11.0 Å². The van der Waals surface area contributed by atoms with Crippen LogP contribution < -0.4 is 10.0 Å². The highest BCUT2D eigenvalue weighted by molar-refractivity contribution is 7.89. The summed E-state index contributed by atoms with van der Waals surface area (Å²) in [5, 5.41) is 2.98. The molecule has 7 heteroatoms. The van der Waals surface area contributed by atoms with E-state index in [0.717, 1.165) is 24.0 Å². The Morgan fingerprint density at radius 1 is 0.939 bits per heavy atom. The number of amides is 1. The van der Waals surface area contributed by atoms with Crippen LogP contribution in [0, 0.1) is 0 Å². The first kappa shape index (κ1) is 23.2. The standard InChI is InChI=1S/C26H28N2O4S/c29-26(27-19-25(20-9-3-1-4-10-20)21-11-5-2-6-12-21)22-13-7-15-24(17-22)33(30,31)28-18-23-14-8-16-32-23/h1-7,9-13,15,17,23,25,28H,8,14,16,18-19H2,(H,27,29). The second kappa shape index (κ2) is 10.7. The van der Waals surface area contributed by atoms with E-state index in [2.05, 4.69) is 10.0 Å². The number of sulfonamides is 1. The quantitative estimate of drug-likeness (QED) is 0.506. The Balaban J connectivity index is 1.45. The Bertz CT molecular complexity index is 1120. The predicted octanol–water partition coefficient (Wildman–Crippen LogP) is 3.71. The number of benzene rings is 3. The molecule has 0 saturated carbocycles. The maximum atomic E-state index is 12.9. The van der Waals surface area contributed by atoms with E-state index in [-0.39, 0.29) is 29.4 Å². The summed E-state index contributed by atoms with van der Waals surface area (Å²) in [5.41, 5.74) is 2.49. The number of ether oxygens (including phenoxy) is 1. The van der Waals surface area contributed by atoms with Gasteiger partial charge in [0, 0.05) is 31.2 Å². The summed E-state index contributed by atoms with van der Waals surface area (Å²) < 4.78 is 33.5. The molecule has 1 aliphatic rings. The van der Waals surface area contributed by atoms with E-state index >= 15 is 0 Å². The van der Waals surface area contributed by atoms with Gasteiger partial charge in [0.25, 0.3) is 5.91 Å². The molecule has 1 amide bonds. The van der Waals surface area contributed by atoms with Crippen LogP contribution in [0.15, 0.2) is 89.8 Å². The Morgan fingerprint density at radius 2 is 1.61 bits per heavy atom. The van der Waals surface area contributed by atoms with Crippen LogP contribution in [0.5, 0.6) is 0 Å². The molecule has 3 aromatic rings. The number of hydrogen-bond acceptors (Lipinski definition) is 4. The molecular formula is C26H28N2O4S. The van der Waals surface area contributed by atoms with Gasteiger partial charge in [-0.15, -0.1) is 0 Å². The minimum atomic E-state index is -3.73. The zero-order chi connectivity index (χ0) is 23.1. The van der Waals surface area contributed by atoms with Crippen LogP contribution >= 0.6 is 0 Å². The van der Waals surface area contributed by atoms with Crippen LogP contribution in [0.25, 0.3) is 0 Å². The molecule has 2 N–H and O–H groups in total. The van der Waals surface area contributed by atoms with Crippen molar-refractivity contribution < 1.29 is 17.9 Å². The second-order valence-corrected chi connectivity index (χ2v) is 9.87. The predicted molar refractivity (Wildman–Crippen MR) is 128 cm³/mol. The highest BCUT2D eigenvalue weighted by Gasteiger charge is 2.21. The van der Waals surface area contributed by atoms with E-state index in [1.54, 1.807) is 12.1 Å². The summed E-state index contributed by atoms with van der Waals surface area (Å²) in [6.45, 7) is 1.28. The van der Waals surface area contributed by atoms with Gasteiger partial charge in [0.15, 0.2) is 0 Å². The molecule has 1 aliphatic heterocycles. The highest BCUT2D eigenvalue weighted by Crippen LogP contribution is 2.24. The fraction of sp³-hybridized carbons (Fsp3) is 0.269. The third-order valence-corrected chi connectivity index (χ3v) is 7.22. The SMILES string of the molecule is O=C(NCC(c1ccccc1)c1ccccc1)c1cccc(S(=O)(=O)NCC2CCCO2)c1. The number of carbonyl (C=O) groups excluding carboxylic acids is 1. The average molecular weight is 465 g/mol. The van der Waals surface area contributed by atoms with Crippen molar-refractivity contribution in [2.45, 2.75) is 29.8 Å². The van der Waals surface area contributed by atoms with Gasteiger partial charge in [0.1, 0.15) is 0 Å². The molecule has 0 radical (unpaired) electrons. The summed E-state index contributed by atoms with van der Waals surface area (Å²) >= 11 is 0. The van der Waals surface area contributed by atoms with Crippen LogP contribution in [0.2, 0.25) is 0 Å². The topological polar surface area (TPSA) is 84.5 Å². The lowest BCUT2D eigenvalue weighted by Gasteiger charge is -2.19. The van der Waals surface area contributed by atoms with Crippen molar-refractivity contribution in [1.82, 2.24) is 10.0 Å². The van der Waals surface area contributed by atoms with Gasteiger partial charge in [-0.1, -0.05) is 66.7 Å². The third-order valence-electron chi connectivity index (χ3n) is 5.80. The molecule has 1 heterocycles. The smallest absolute Gasteiger partial charge is 0.251 e. The minimum absolute atomic E-state index is 0.0173. The average Bonchev–Trinajstić information content (AvgIpc) is 3.38. The van der Waals surface area contributed by atoms with E-state index < -0.39 is 10.0 Å². The summed E-state index contributed by atoms with van der Waals surface area (Å²) in [6.07, 6.45) is 1.68. The molecule has 6 nitrogen and oxygen atoms in total. The number of rotatable bonds is 9. The summed E-state index contributed by atoms with van der Waals surface area (Å²) in [4.78, 5) is 13.0. The van der Waals surface area contributed by atoms with Crippen LogP contribution in [-0.4, -0.2) is 40.1 Å². The third kappa shape index (κ3) is 6.07. The molecule has 1 unspecified atom stereocenters. The Morgan fingerprint density at radius 3 is 2.21 bits per heavy atom. The van der Waals surface area contributed by atoms with Crippen molar-refractivity contribution in [3.05, 3.63) is 102 Å². The van der Waals surface area contributed by atoms with Crippen molar-refractivity contribution in [3.8, 4) is 0 Å². The molecule has 0 aliphatic carbocycles. The first-order valence-corrected chi connectivity index (χ1v) is 12.6. The molecule has 1 fully saturated rings. The normalized spacial score (nSPS) is 16.1. The van der Waals surface area contributed by atoms with E-state index in [1.165, 1.54) is 12.1 Å². The van der Waals surface area contributed by atoms with Crippen LogP contribution in [0.1, 0.15) is 40.2 Å². The van der Waals surface area contributed by atoms with Gasteiger partial charge < -0.3 is 10.1 Å². The lowest BCUT2D eigenvalue weighted by molar-refractivity contribution is 0.0952. The fourth-order valence-corrected chi connectivity index (χ4v) is 5.10. The molecular weight excluding hydrogens is 436 g/mol. The molecule has 1 saturated heterocycles. The van der Waals surface area contributed by atoms with Gasteiger partial charge in [-0.25, -0.2) is 13.1 Å². The van der Waals surface area contributed by atoms with Crippen molar-refractivity contribution >= 4 is 15.9 Å². The molecule has 4 rings (SSSR count). The summed E-state index contributed by atoms with van der Waals surface area (Å²) in [6, 6.07) is 26.1. The lowest BCUT2D eigenvalue weighted by atomic mass is 9.91. The Kier molecular flexibility index (Phi) is 7.54. The monoisotopic (exact) mass is 464 g/mol. The number of hydrogen-bond donors (Lipinski definition) is 2. The zero-order valence-electron chi connectivity index (χ0n) is 18.3. The van der Waals surface area contributed by atoms with Gasteiger partial charge in [-0.05, 0) is 42.2 Å². The maximum absolute atomic E-state index is 12.9. The maximum Gasteiger partial charge on any atom is 0.251 e. The largest absolute Gasteiger partial charge is 0.377 e. The first-order chi connectivity index (χ1) is 16.0. The van der Waals surface area contributed by atoms with Gasteiger partial charge in [-0.3, -0.25) is 4.79 Å². The number of nitrogens with one attached hydrogen (secondary N) is 2. The molecule has 33 heavy (non-hydrogen) atoms. The molecule has 3 aromatic carbocycles. The second-order valence-electron chi connectivity index (χ2n) is 8.10. The van der Waals surface area contributed by atoms with Crippen molar-refractivity contribution in [2.24, 2.45) is 0 Å². The minimum Gasteiger partial charge on any atom is -0.377 e. The van der Waals surface area contributed by atoms with Crippen molar-refractivity contribution in [1.29, 1.82) is 0 Å². The fourth-order valence-electron chi connectivity index (χ4n) is 3.99. The molecule has 1 atom stereocenters. The molecule has 0 bridgehead atoms. The van der Waals surface area contributed by atoms with Crippen molar-refractivity contribution in [3.63, 3.8) is 0 Å². The van der Waals surface area contributed by atoms with E-state index in [0.29, 0.717) is 18.7 Å². The van der Waals surface area contributed by atoms with Crippen LogP contribution in [-0.2, 0) is 14.8 Å². The summed E-state index contributed by atoms with van der Waals surface area (Å²) in [5.74, 6) is -0.334. The first-order valence-electron chi connectivity index (χ1n) is 11.1. The van der Waals surface area contributed by atoms with Crippen molar-refractivity contribution in [2.75, 3.05) is 19.7 Å². The van der Waals surface area contributed by atoms with Crippen LogP contribution in [0.3, 0.4) is 0 Å². The van der Waals surface area contributed by atoms with E-state index in [4.69, 9.17) is 4.74 Å². The molecule has 0 spiro atoms.